The van der Waals surface area contributed by atoms with Crippen LogP contribution in [0.2, 0.25) is 5.02 Å². The van der Waals surface area contributed by atoms with Crippen molar-refractivity contribution in [3.63, 3.8) is 0 Å². The van der Waals surface area contributed by atoms with E-state index in [2.05, 4.69) is 10.7 Å². The fourth-order valence-electron chi connectivity index (χ4n) is 4.42. The normalized spacial score (nSPS) is 17.1. The number of nitrogens with one attached hydrogen (secondary N) is 2. The van der Waals surface area contributed by atoms with E-state index in [-0.39, 0.29) is 17.5 Å². The number of carbonyl (C=O) groups excluding carboxylic acids is 2. The first-order chi connectivity index (χ1) is 18.4. The fraction of sp³-hybridized carbons (Fsp3) is 0.310. The van der Waals surface area contributed by atoms with Crippen molar-refractivity contribution in [2.75, 3.05) is 19.6 Å². The second kappa shape index (κ2) is 11.6. The number of aliphatic hydroxyl groups excluding tert-OH is 1. The fourth-order valence-corrected chi connectivity index (χ4v) is 4.65. The van der Waals surface area contributed by atoms with E-state index in [1.54, 1.807) is 54.6 Å². The predicted octanol–water partition coefficient (Wildman–Crippen LogP) is 4.30. The molecule has 3 N–H and O–H groups in total. The van der Waals surface area contributed by atoms with Crippen LogP contribution in [-0.2, 0) is 4.79 Å². The van der Waals surface area contributed by atoms with Gasteiger partial charge in [-0.2, -0.15) is 0 Å². The average Bonchev–Trinajstić information content (AvgIpc) is 3.60. The number of halogens is 2. The average molecular weight is 538 g/mol. The van der Waals surface area contributed by atoms with Gasteiger partial charge in [0, 0.05) is 25.2 Å². The van der Waals surface area contributed by atoms with Crippen molar-refractivity contribution in [2.45, 2.75) is 37.5 Å². The van der Waals surface area contributed by atoms with Crippen molar-refractivity contribution < 1.29 is 23.8 Å². The smallest absolute Gasteiger partial charge is 0.292 e. The highest BCUT2D eigenvalue weighted by molar-refractivity contribution is 6.42. The summed E-state index contributed by atoms with van der Waals surface area (Å²) in [7, 11) is 0. The highest BCUT2D eigenvalue weighted by Gasteiger charge is 2.30. The van der Waals surface area contributed by atoms with Crippen LogP contribution in [0.25, 0.3) is 11.1 Å². The summed E-state index contributed by atoms with van der Waals surface area (Å²) in [6, 6.07) is 16.9. The summed E-state index contributed by atoms with van der Waals surface area (Å²) in [5, 5.41) is 16.3. The highest BCUT2D eigenvalue weighted by atomic mass is 35.5. The van der Waals surface area contributed by atoms with E-state index >= 15 is 0 Å². The third kappa shape index (κ3) is 6.39. The Balaban J connectivity index is 1.29. The van der Waals surface area contributed by atoms with Gasteiger partial charge < -0.3 is 15.2 Å². The molecule has 0 aromatic heterocycles. The lowest BCUT2D eigenvalue weighted by Gasteiger charge is -2.28. The molecular formula is C29H29ClFN3O4. The number of ether oxygens (including phenoxy) is 1. The van der Waals surface area contributed by atoms with Crippen molar-refractivity contribution in [2.24, 2.45) is 0 Å². The van der Waals surface area contributed by atoms with Gasteiger partial charge in [-0.1, -0.05) is 54.1 Å². The Morgan fingerprint density at radius 3 is 2.37 bits per heavy atom. The molecule has 2 atom stereocenters. The molecule has 9 heteroatoms. The van der Waals surface area contributed by atoms with Crippen molar-refractivity contribution in [1.29, 1.82) is 0 Å². The number of hydrogen-bond donors (Lipinski definition) is 3. The highest BCUT2D eigenvalue weighted by Crippen LogP contribution is 2.34. The zero-order valence-corrected chi connectivity index (χ0v) is 21.5. The summed E-state index contributed by atoms with van der Waals surface area (Å²) in [4.78, 5) is 26.0. The number of carbonyl (C=O) groups is 2. The number of Topliss-reactive ketones (excluding diaryl/α,β-unsaturated/α-hetero) is 1. The van der Waals surface area contributed by atoms with Gasteiger partial charge in [-0.05, 0) is 60.2 Å². The Morgan fingerprint density at radius 2 is 1.76 bits per heavy atom. The van der Waals surface area contributed by atoms with Crippen molar-refractivity contribution in [1.82, 2.24) is 15.8 Å². The number of benzene rings is 3. The Morgan fingerprint density at radius 1 is 1.08 bits per heavy atom. The zero-order valence-electron chi connectivity index (χ0n) is 20.7. The van der Waals surface area contributed by atoms with Gasteiger partial charge in [-0.15, -0.1) is 0 Å². The SMILES string of the molecule is O=C(N[C@H](CN1CCCN1)[C@H](O)c1ccc(OC2CC2)c(Cl)c1)C(=O)c1ccc(-c2ccc(F)cc2)cc1. The van der Waals surface area contributed by atoms with Crippen molar-refractivity contribution >= 4 is 23.3 Å². The molecule has 1 aliphatic heterocycles. The van der Waals surface area contributed by atoms with Gasteiger partial charge in [-0.25, -0.2) is 9.40 Å². The first kappa shape index (κ1) is 26.3. The molecule has 1 saturated heterocycles. The standard InChI is InChI=1S/C29H29ClFN3O4/c30-24-16-21(8-13-26(24)38-23-11-12-23)27(35)25(17-34-15-1-14-32-34)33-29(37)28(36)20-4-2-18(3-5-20)19-6-9-22(31)10-7-19/h2-10,13,16,23,25,27,32,35H,1,11-12,14-15,17H2,(H,33,37)/t25-,27-/m1/s1. The maximum atomic E-state index is 13.2. The second-order valence-electron chi connectivity index (χ2n) is 9.65. The monoisotopic (exact) mass is 537 g/mol. The third-order valence-electron chi connectivity index (χ3n) is 6.70. The summed E-state index contributed by atoms with van der Waals surface area (Å²) in [6.07, 6.45) is 2.02. The van der Waals surface area contributed by atoms with E-state index in [1.165, 1.54) is 12.1 Å². The van der Waals surface area contributed by atoms with E-state index in [9.17, 15) is 19.1 Å². The Bertz CT molecular complexity index is 1290. The summed E-state index contributed by atoms with van der Waals surface area (Å²) in [5.41, 5.74) is 5.53. The molecule has 0 unspecified atom stereocenters. The van der Waals surface area contributed by atoms with Gasteiger partial charge in [0.25, 0.3) is 5.91 Å². The molecule has 38 heavy (non-hydrogen) atoms. The van der Waals surface area contributed by atoms with Gasteiger partial charge in [-0.3, -0.25) is 15.0 Å². The molecule has 1 saturated carbocycles. The molecule has 198 valence electrons. The maximum Gasteiger partial charge on any atom is 0.292 e. The Labute approximate surface area is 225 Å². The van der Waals surface area contributed by atoms with Gasteiger partial charge in [0.05, 0.1) is 17.2 Å². The molecule has 2 fully saturated rings. The van der Waals surface area contributed by atoms with Gasteiger partial charge in [0.2, 0.25) is 5.78 Å². The number of nitrogens with zero attached hydrogens (tertiary/aromatic N) is 1. The molecule has 2 aliphatic rings. The first-order valence-electron chi connectivity index (χ1n) is 12.7. The Hall–Kier alpha value is -3.30. The lowest BCUT2D eigenvalue weighted by molar-refractivity contribution is -0.118. The molecule has 1 aliphatic carbocycles. The molecule has 3 aromatic carbocycles. The molecule has 0 bridgehead atoms. The van der Waals surface area contributed by atoms with Crippen LogP contribution in [-0.4, -0.2) is 53.6 Å². The van der Waals surface area contributed by atoms with Crippen LogP contribution >= 0.6 is 11.6 Å². The van der Waals surface area contributed by atoms with Gasteiger partial charge in [0.1, 0.15) is 17.7 Å². The summed E-state index contributed by atoms with van der Waals surface area (Å²) >= 11 is 6.40. The van der Waals surface area contributed by atoms with Crippen molar-refractivity contribution in [3.05, 3.63) is 88.7 Å². The first-order valence-corrected chi connectivity index (χ1v) is 13.1. The minimum atomic E-state index is -1.11. The van der Waals surface area contributed by atoms with E-state index in [0.29, 0.717) is 22.9 Å². The molecule has 0 radical (unpaired) electrons. The lowest BCUT2D eigenvalue weighted by atomic mass is 10.00. The topological polar surface area (TPSA) is 90.9 Å². The van der Waals surface area contributed by atoms with E-state index in [1.807, 2.05) is 5.01 Å². The molecule has 3 aromatic rings. The minimum absolute atomic E-state index is 0.187. The Kier molecular flexibility index (Phi) is 8.04. The maximum absolute atomic E-state index is 13.2. The number of ketones is 1. The number of amides is 1. The lowest BCUT2D eigenvalue weighted by Crippen LogP contribution is -2.50. The predicted molar refractivity (Wildman–Crippen MR) is 142 cm³/mol. The van der Waals surface area contributed by atoms with Crippen LogP contribution in [0.5, 0.6) is 5.75 Å². The summed E-state index contributed by atoms with van der Waals surface area (Å²) in [6.45, 7) is 1.85. The minimum Gasteiger partial charge on any atom is -0.489 e. The largest absolute Gasteiger partial charge is 0.489 e. The van der Waals surface area contributed by atoms with E-state index in [0.717, 1.165) is 43.5 Å². The van der Waals surface area contributed by atoms with Crippen LogP contribution in [0.3, 0.4) is 0 Å². The van der Waals surface area contributed by atoms with Crippen LogP contribution in [0.1, 0.15) is 41.3 Å². The van der Waals surface area contributed by atoms with Crippen LogP contribution in [0.15, 0.2) is 66.7 Å². The molecule has 1 heterocycles. The van der Waals surface area contributed by atoms with E-state index < -0.39 is 23.8 Å². The quantitative estimate of drug-likeness (QED) is 0.264. The third-order valence-corrected chi connectivity index (χ3v) is 7.00. The summed E-state index contributed by atoms with van der Waals surface area (Å²) < 4.78 is 19.0. The molecular weight excluding hydrogens is 509 g/mol. The number of hydrazine groups is 1. The van der Waals surface area contributed by atoms with Crippen LogP contribution < -0.4 is 15.5 Å². The summed E-state index contributed by atoms with van der Waals surface area (Å²) in [5.74, 6) is -1.30. The number of hydrogen-bond acceptors (Lipinski definition) is 6. The molecule has 5 rings (SSSR count). The molecule has 7 nitrogen and oxygen atoms in total. The molecule has 0 spiro atoms. The number of rotatable bonds is 10. The van der Waals surface area contributed by atoms with Crippen LogP contribution in [0, 0.1) is 5.82 Å². The molecule has 1 amide bonds. The second-order valence-corrected chi connectivity index (χ2v) is 10.1. The van der Waals surface area contributed by atoms with Gasteiger partial charge in [0.15, 0.2) is 0 Å². The van der Waals surface area contributed by atoms with E-state index in [4.69, 9.17) is 16.3 Å². The zero-order chi connectivity index (χ0) is 26.6. The van der Waals surface area contributed by atoms with Crippen molar-refractivity contribution in [3.8, 4) is 16.9 Å². The van der Waals surface area contributed by atoms with Gasteiger partial charge >= 0.3 is 0 Å². The van der Waals surface area contributed by atoms with Crippen LogP contribution in [0.4, 0.5) is 4.39 Å². The number of aliphatic hydroxyl groups is 1.